The third-order valence-corrected chi connectivity index (χ3v) is 4.31. The van der Waals surface area contributed by atoms with E-state index in [2.05, 4.69) is 6.92 Å². The second-order valence-electron chi connectivity index (χ2n) is 4.32. The van der Waals surface area contributed by atoms with E-state index >= 15 is 0 Å². The van der Waals surface area contributed by atoms with Crippen molar-refractivity contribution in [3.63, 3.8) is 0 Å². The zero-order valence-corrected chi connectivity index (χ0v) is 13.4. The number of halogens is 3. The summed E-state index contributed by atoms with van der Waals surface area (Å²) >= 11 is 12.1. The molecule has 2 nitrogen and oxygen atoms in total. The van der Waals surface area contributed by atoms with Crippen molar-refractivity contribution in [1.29, 1.82) is 0 Å². The summed E-state index contributed by atoms with van der Waals surface area (Å²) in [6.07, 6.45) is 4.46. The van der Waals surface area contributed by atoms with E-state index in [4.69, 9.17) is 23.2 Å². The van der Waals surface area contributed by atoms with Gasteiger partial charge < -0.3 is 0 Å². The van der Waals surface area contributed by atoms with Gasteiger partial charge >= 0.3 is 0 Å². The van der Waals surface area contributed by atoms with Crippen LogP contribution in [0.4, 0.5) is 4.39 Å². The predicted molar refractivity (Wildman–Crippen MR) is 81.2 cm³/mol. The predicted octanol–water partition coefficient (Wildman–Crippen LogP) is 5.45. The lowest BCUT2D eigenvalue weighted by Gasteiger charge is -2.06. The van der Waals surface area contributed by atoms with Crippen LogP contribution in [0.1, 0.15) is 49.4 Å². The Bertz CT molecular complexity index is 506. The molecule has 0 atom stereocenters. The van der Waals surface area contributed by atoms with Crippen LogP contribution in [0.15, 0.2) is 17.0 Å². The van der Waals surface area contributed by atoms with Gasteiger partial charge in [0.05, 0.1) is 10.6 Å². The van der Waals surface area contributed by atoms with E-state index < -0.39 is 11.1 Å². The van der Waals surface area contributed by atoms with Crippen molar-refractivity contribution in [2.75, 3.05) is 0 Å². The van der Waals surface area contributed by atoms with Crippen molar-refractivity contribution in [2.45, 2.75) is 43.9 Å². The molecule has 20 heavy (non-hydrogen) atoms. The summed E-state index contributed by atoms with van der Waals surface area (Å²) in [7, 11) is 0. The van der Waals surface area contributed by atoms with E-state index in [0.29, 0.717) is 11.3 Å². The van der Waals surface area contributed by atoms with Gasteiger partial charge in [0, 0.05) is 11.3 Å². The number of hydrogen-bond donors (Lipinski definition) is 0. The summed E-state index contributed by atoms with van der Waals surface area (Å²) in [6.45, 7) is 2.10. The second-order valence-corrected chi connectivity index (χ2v) is 6.17. The first-order chi connectivity index (χ1) is 9.45. The van der Waals surface area contributed by atoms with Crippen LogP contribution in [0, 0.1) is 5.82 Å². The van der Waals surface area contributed by atoms with Crippen LogP contribution in [0.3, 0.4) is 0 Å². The number of unbranched alkanes of at least 4 members (excludes halogenated alkanes) is 3. The molecule has 0 aliphatic heterocycles. The molecule has 0 amide bonds. The maximum atomic E-state index is 13.4. The second kappa shape index (κ2) is 8.65. The SMILES string of the molecule is CCCCCCC(=O)Sc1cc(C(=O)Cl)c(F)cc1Cl. The van der Waals surface area contributed by atoms with Gasteiger partial charge in [-0.2, -0.15) is 0 Å². The third kappa shape index (κ3) is 5.43. The Balaban J connectivity index is 2.69. The van der Waals surface area contributed by atoms with Gasteiger partial charge in [-0.1, -0.05) is 49.5 Å². The van der Waals surface area contributed by atoms with Crippen LogP contribution in [-0.2, 0) is 4.79 Å². The molecule has 6 heteroatoms. The fraction of sp³-hybridized carbons (Fsp3) is 0.429. The number of hydrogen-bond acceptors (Lipinski definition) is 3. The summed E-state index contributed by atoms with van der Waals surface area (Å²) in [5.74, 6) is -0.783. The maximum absolute atomic E-state index is 13.4. The molecule has 0 radical (unpaired) electrons. The average Bonchev–Trinajstić information content (AvgIpc) is 2.37. The van der Waals surface area contributed by atoms with Gasteiger partial charge in [-0.3, -0.25) is 9.59 Å². The van der Waals surface area contributed by atoms with E-state index in [0.717, 1.165) is 43.5 Å². The lowest BCUT2D eigenvalue weighted by Crippen LogP contribution is -1.97. The maximum Gasteiger partial charge on any atom is 0.255 e. The summed E-state index contributed by atoms with van der Waals surface area (Å²) in [6, 6.07) is 2.23. The minimum absolute atomic E-state index is 0.0532. The van der Waals surface area contributed by atoms with Gasteiger partial charge in [-0.15, -0.1) is 0 Å². The van der Waals surface area contributed by atoms with Crippen LogP contribution in [0.5, 0.6) is 0 Å². The van der Waals surface area contributed by atoms with E-state index in [9.17, 15) is 14.0 Å². The normalized spacial score (nSPS) is 10.6. The zero-order chi connectivity index (χ0) is 15.1. The molecule has 0 heterocycles. The van der Waals surface area contributed by atoms with Crippen LogP contribution >= 0.6 is 35.0 Å². The highest BCUT2D eigenvalue weighted by atomic mass is 35.5. The molecule has 0 saturated heterocycles. The Morgan fingerprint density at radius 2 is 1.95 bits per heavy atom. The Hall–Kier alpha value is -0.580. The fourth-order valence-electron chi connectivity index (χ4n) is 1.63. The Morgan fingerprint density at radius 3 is 2.55 bits per heavy atom. The topological polar surface area (TPSA) is 34.1 Å². The van der Waals surface area contributed by atoms with E-state index in [1.165, 1.54) is 6.07 Å². The Morgan fingerprint density at radius 1 is 1.25 bits per heavy atom. The van der Waals surface area contributed by atoms with Crippen LogP contribution < -0.4 is 0 Å². The summed E-state index contributed by atoms with van der Waals surface area (Å²) in [5.41, 5.74) is -0.266. The van der Waals surface area contributed by atoms with Gasteiger partial charge in [-0.25, -0.2) is 4.39 Å². The van der Waals surface area contributed by atoms with Crippen molar-refractivity contribution in [2.24, 2.45) is 0 Å². The minimum atomic E-state index is -0.906. The highest BCUT2D eigenvalue weighted by molar-refractivity contribution is 8.13. The summed E-state index contributed by atoms with van der Waals surface area (Å²) < 4.78 is 13.4. The number of thioether (sulfide) groups is 1. The van der Waals surface area contributed by atoms with E-state index in [1.54, 1.807) is 0 Å². The number of carbonyl (C=O) groups excluding carboxylic acids is 2. The monoisotopic (exact) mass is 336 g/mol. The van der Waals surface area contributed by atoms with Crippen LogP contribution in [-0.4, -0.2) is 10.4 Å². The standard InChI is InChI=1S/C14H15Cl2FO2S/c1-2-3-4-5-6-13(18)20-12-7-9(14(16)19)11(17)8-10(12)15/h7-8H,2-6H2,1H3. The number of benzene rings is 1. The molecule has 0 aliphatic carbocycles. The highest BCUT2D eigenvalue weighted by Crippen LogP contribution is 2.32. The lowest BCUT2D eigenvalue weighted by atomic mass is 10.2. The number of carbonyl (C=O) groups is 2. The Kier molecular flexibility index (Phi) is 7.56. The van der Waals surface area contributed by atoms with Gasteiger partial charge in [0.1, 0.15) is 5.82 Å². The molecule has 1 rings (SSSR count). The van der Waals surface area contributed by atoms with Crippen molar-refractivity contribution >= 4 is 45.3 Å². The van der Waals surface area contributed by atoms with Crippen molar-refractivity contribution in [1.82, 2.24) is 0 Å². The van der Waals surface area contributed by atoms with Gasteiger partial charge in [0.15, 0.2) is 5.12 Å². The molecular formula is C14H15Cl2FO2S. The molecule has 110 valence electrons. The summed E-state index contributed by atoms with van der Waals surface area (Å²) in [5, 5.41) is -0.852. The van der Waals surface area contributed by atoms with Crippen LogP contribution in [0.2, 0.25) is 5.02 Å². The molecule has 0 bridgehead atoms. The molecular weight excluding hydrogens is 322 g/mol. The first-order valence-electron chi connectivity index (χ1n) is 6.35. The summed E-state index contributed by atoms with van der Waals surface area (Å²) in [4.78, 5) is 23.2. The van der Waals surface area contributed by atoms with Gasteiger partial charge in [0.2, 0.25) is 0 Å². The molecule has 0 aliphatic rings. The first-order valence-corrected chi connectivity index (χ1v) is 7.92. The molecule has 0 fully saturated rings. The van der Waals surface area contributed by atoms with E-state index in [1.807, 2.05) is 0 Å². The quantitative estimate of drug-likeness (QED) is 0.377. The average molecular weight is 337 g/mol. The molecule has 0 aromatic heterocycles. The Labute approximate surface area is 132 Å². The largest absolute Gasteiger partial charge is 0.287 e. The first kappa shape index (κ1) is 17.5. The molecule has 1 aromatic rings. The molecule has 0 unspecified atom stereocenters. The highest BCUT2D eigenvalue weighted by Gasteiger charge is 2.16. The lowest BCUT2D eigenvalue weighted by molar-refractivity contribution is -0.111. The van der Waals surface area contributed by atoms with Gasteiger partial charge in [0.25, 0.3) is 5.24 Å². The number of rotatable bonds is 7. The van der Waals surface area contributed by atoms with Gasteiger partial charge in [-0.05, 0) is 30.2 Å². The van der Waals surface area contributed by atoms with E-state index in [-0.39, 0.29) is 15.7 Å². The van der Waals surface area contributed by atoms with Crippen molar-refractivity contribution in [3.8, 4) is 0 Å². The van der Waals surface area contributed by atoms with Crippen molar-refractivity contribution < 1.29 is 14.0 Å². The van der Waals surface area contributed by atoms with Crippen molar-refractivity contribution in [3.05, 3.63) is 28.5 Å². The zero-order valence-electron chi connectivity index (χ0n) is 11.0. The molecule has 0 N–H and O–H groups in total. The minimum Gasteiger partial charge on any atom is -0.287 e. The third-order valence-electron chi connectivity index (χ3n) is 2.69. The smallest absolute Gasteiger partial charge is 0.255 e. The fourth-order valence-corrected chi connectivity index (χ4v) is 2.86. The van der Waals surface area contributed by atoms with Crippen LogP contribution in [0.25, 0.3) is 0 Å². The molecule has 1 aromatic carbocycles. The molecule has 0 saturated carbocycles. The molecule has 0 spiro atoms.